The van der Waals surface area contributed by atoms with Crippen LogP contribution in [0.4, 0.5) is 18.3 Å². The molecule has 0 fully saturated rings. The number of ether oxygens (including phenoxy) is 3. The largest absolute Gasteiger partial charge is 0.573 e. The van der Waals surface area contributed by atoms with Crippen molar-refractivity contribution in [2.75, 3.05) is 45.3 Å². The number of hydrogen-bond donors (Lipinski definition) is 0. The van der Waals surface area contributed by atoms with E-state index in [0.29, 0.717) is 58.7 Å². The average Bonchev–Trinajstić information content (AvgIpc) is 3.17. The van der Waals surface area contributed by atoms with Gasteiger partial charge >= 0.3 is 6.36 Å². The summed E-state index contributed by atoms with van der Waals surface area (Å²) in [5.41, 5.74) is 0.852. The van der Waals surface area contributed by atoms with Crippen molar-refractivity contribution in [3.8, 4) is 17.2 Å². The zero-order valence-electron chi connectivity index (χ0n) is 19.3. The van der Waals surface area contributed by atoms with Crippen LogP contribution in [0, 0.1) is 0 Å². The van der Waals surface area contributed by atoms with E-state index in [9.17, 15) is 18.0 Å². The fourth-order valence-corrected chi connectivity index (χ4v) is 4.15. The second kappa shape index (κ2) is 10.9. The maximum atomic E-state index is 13.5. The smallest absolute Gasteiger partial charge is 0.490 e. The third kappa shape index (κ3) is 6.51. The summed E-state index contributed by atoms with van der Waals surface area (Å²) in [5, 5.41) is 0.373. The summed E-state index contributed by atoms with van der Waals surface area (Å²) in [4.78, 5) is 21.4. The van der Waals surface area contributed by atoms with Crippen LogP contribution in [0.25, 0.3) is 10.2 Å². The first-order chi connectivity index (χ1) is 16.1. The van der Waals surface area contributed by atoms with Gasteiger partial charge in [0.15, 0.2) is 16.6 Å². The number of aromatic nitrogens is 1. The molecule has 11 heteroatoms. The normalized spacial score (nSPS) is 11.6. The third-order valence-corrected chi connectivity index (χ3v) is 5.66. The summed E-state index contributed by atoms with van der Waals surface area (Å²) < 4.78 is 53.5. The molecule has 0 radical (unpaired) electrons. The molecule has 0 N–H and O–H groups in total. The first-order valence-corrected chi connectivity index (χ1v) is 11.5. The van der Waals surface area contributed by atoms with E-state index < -0.39 is 6.36 Å². The highest BCUT2D eigenvalue weighted by atomic mass is 32.1. The minimum Gasteiger partial charge on any atom is -0.490 e. The van der Waals surface area contributed by atoms with Crippen LogP contribution in [0.2, 0.25) is 0 Å². The molecule has 0 aliphatic heterocycles. The Morgan fingerprint density at radius 1 is 1.00 bits per heavy atom. The number of halogens is 3. The predicted molar refractivity (Wildman–Crippen MR) is 125 cm³/mol. The van der Waals surface area contributed by atoms with Crippen LogP contribution >= 0.6 is 11.3 Å². The van der Waals surface area contributed by atoms with Crippen molar-refractivity contribution < 1.29 is 32.2 Å². The van der Waals surface area contributed by atoms with Crippen LogP contribution in [-0.4, -0.2) is 62.6 Å². The molecule has 0 bridgehead atoms. The van der Waals surface area contributed by atoms with Gasteiger partial charge in [0.2, 0.25) is 0 Å². The Bertz CT molecular complexity index is 1130. The quantitative estimate of drug-likeness (QED) is 0.384. The summed E-state index contributed by atoms with van der Waals surface area (Å²) in [6.45, 7) is 5.44. The van der Waals surface area contributed by atoms with Crippen molar-refractivity contribution in [2.24, 2.45) is 0 Å². The van der Waals surface area contributed by atoms with E-state index in [1.807, 2.05) is 32.8 Å². The molecular weight excluding hydrogens is 471 g/mol. The molecule has 0 unspecified atom stereocenters. The minimum atomic E-state index is -4.79. The molecule has 0 saturated carbocycles. The third-order valence-electron chi connectivity index (χ3n) is 4.62. The summed E-state index contributed by atoms with van der Waals surface area (Å²) in [6, 6.07) is 8.87. The Labute approximate surface area is 199 Å². The Hall–Kier alpha value is -3.05. The molecule has 1 heterocycles. The number of rotatable bonds is 10. The molecule has 7 nitrogen and oxygen atoms in total. The maximum absolute atomic E-state index is 13.5. The summed E-state index contributed by atoms with van der Waals surface area (Å²) >= 11 is 1.12. The molecule has 34 heavy (non-hydrogen) atoms. The van der Waals surface area contributed by atoms with Gasteiger partial charge in [0.1, 0.15) is 5.75 Å². The Morgan fingerprint density at radius 2 is 1.71 bits per heavy atom. The van der Waals surface area contributed by atoms with Gasteiger partial charge in [0.05, 0.1) is 23.4 Å². The Balaban J connectivity index is 1.97. The van der Waals surface area contributed by atoms with Crippen LogP contribution < -0.4 is 19.1 Å². The van der Waals surface area contributed by atoms with Crippen LogP contribution in [-0.2, 0) is 0 Å². The number of alkyl halides is 3. The molecule has 0 aliphatic carbocycles. The van der Waals surface area contributed by atoms with Gasteiger partial charge in [-0.25, -0.2) is 4.98 Å². The molecule has 0 aliphatic rings. The number of amides is 1. The maximum Gasteiger partial charge on any atom is 0.573 e. The van der Waals surface area contributed by atoms with Crippen LogP contribution in [0.5, 0.6) is 17.2 Å². The number of nitrogens with zero attached hydrogens (tertiary/aromatic N) is 3. The first kappa shape index (κ1) is 25.6. The second-order valence-corrected chi connectivity index (χ2v) is 8.47. The number of likely N-dealkylation sites (N-methyl/N-ethyl adjacent to an activating group) is 1. The molecule has 0 spiro atoms. The van der Waals surface area contributed by atoms with E-state index in [0.717, 1.165) is 11.3 Å². The van der Waals surface area contributed by atoms with E-state index in [1.54, 1.807) is 18.2 Å². The fraction of sp³-hybridized carbons (Fsp3) is 0.391. The lowest BCUT2D eigenvalue weighted by Gasteiger charge is -2.22. The van der Waals surface area contributed by atoms with Gasteiger partial charge in [-0.2, -0.15) is 0 Å². The zero-order chi connectivity index (χ0) is 24.9. The summed E-state index contributed by atoms with van der Waals surface area (Å²) in [7, 11) is 3.76. The molecule has 0 saturated heterocycles. The number of carbonyl (C=O) groups is 1. The number of thiazole rings is 1. The van der Waals surface area contributed by atoms with Crippen LogP contribution in [0.15, 0.2) is 36.4 Å². The average molecular weight is 498 g/mol. The van der Waals surface area contributed by atoms with Crippen molar-refractivity contribution in [1.82, 2.24) is 9.88 Å². The van der Waals surface area contributed by atoms with Crippen molar-refractivity contribution in [1.29, 1.82) is 0 Å². The van der Waals surface area contributed by atoms with Crippen LogP contribution in [0.3, 0.4) is 0 Å². The molecule has 3 aromatic rings. The van der Waals surface area contributed by atoms with Gasteiger partial charge in [-0.05, 0) is 58.3 Å². The zero-order valence-corrected chi connectivity index (χ0v) is 20.1. The predicted octanol–water partition coefficient (Wildman–Crippen LogP) is 5.20. The van der Waals surface area contributed by atoms with Crippen molar-refractivity contribution in [2.45, 2.75) is 20.2 Å². The topological polar surface area (TPSA) is 64.1 Å². The van der Waals surface area contributed by atoms with Crippen molar-refractivity contribution in [3.05, 3.63) is 42.0 Å². The summed E-state index contributed by atoms with van der Waals surface area (Å²) in [5.74, 6) is 0.352. The van der Waals surface area contributed by atoms with Crippen molar-refractivity contribution >= 4 is 32.6 Å². The molecule has 3 rings (SSSR count). The molecule has 0 atom stereocenters. The number of anilines is 1. The molecule has 1 amide bonds. The van der Waals surface area contributed by atoms with Gasteiger partial charge in [0.25, 0.3) is 5.91 Å². The van der Waals surface area contributed by atoms with E-state index in [4.69, 9.17) is 9.47 Å². The van der Waals surface area contributed by atoms with Crippen molar-refractivity contribution in [3.63, 3.8) is 0 Å². The monoisotopic (exact) mass is 497 g/mol. The lowest BCUT2D eigenvalue weighted by atomic mass is 10.1. The highest BCUT2D eigenvalue weighted by Gasteiger charge is 2.31. The highest BCUT2D eigenvalue weighted by Crippen LogP contribution is 2.35. The Kier molecular flexibility index (Phi) is 8.21. The molecular formula is C23H26F3N3O4S. The standard InChI is InChI=1S/C23H26F3N3O4S/c1-5-31-18-10-7-15(13-19(18)32-6-2)21(30)29(12-11-28(3)4)22-27-17-9-8-16(14-20(17)34-22)33-23(24,25)26/h7-10,13-14H,5-6,11-12H2,1-4H3. The second-order valence-electron chi connectivity index (χ2n) is 7.46. The van der Waals surface area contributed by atoms with Gasteiger partial charge in [-0.1, -0.05) is 11.3 Å². The van der Waals surface area contributed by atoms with Gasteiger partial charge in [-0.3, -0.25) is 9.69 Å². The molecule has 2 aromatic carbocycles. The number of hydrogen-bond acceptors (Lipinski definition) is 7. The van der Waals surface area contributed by atoms with E-state index in [1.165, 1.54) is 23.1 Å². The Morgan fingerprint density at radius 3 is 2.35 bits per heavy atom. The lowest BCUT2D eigenvalue weighted by Crippen LogP contribution is -2.36. The first-order valence-electron chi connectivity index (χ1n) is 10.6. The van der Waals surface area contributed by atoms with E-state index in [2.05, 4.69) is 9.72 Å². The fourth-order valence-electron chi connectivity index (χ4n) is 3.13. The van der Waals surface area contributed by atoms with Gasteiger partial charge in [-0.15, -0.1) is 13.2 Å². The van der Waals surface area contributed by atoms with Gasteiger partial charge in [0, 0.05) is 24.7 Å². The molecule has 184 valence electrons. The minimum absolute atomic E-state index is 0.309. The highest BCUT2D eigenvalue weighted by molar-refractivity contribution is 7.22. The summed E-state index contributed by atoms with van der Waals surface area (Å²) in [6.07, 6.45) is -4.79. The SMILES string of the molecule is CCOc1ccc(C(=O)N(CCN(C)C)c2nc3ccc(OC(F)(F)F)cc3s2)cc1OCC. The number of benzene rings is 2. The lowest BCUT2D eigenvalue weighted by molar-refractivity contribution is -0.274. The number of fused-ring (bicyclic) bond motifs is 1. The number of carbonyl (C=O) groups excluding carboxylic acids is 1. The van der Waals surface area contributed by atoms with E-state index >= 15 is 0 Å². The van der Waals surface area contributed by atoms with Crippen LogP contribution in [0.1, 0.15) is 24.2 Å². The van der Waals surface area contributed by atoms with E-state index in [-0.39, 0.29) is 11.7 Å². The molecule has 1 aromatic heterocycles. The van der Waals surface area contributed by atoms with Gasteiger partial charge < -0.3 is 19.1 Å².